The number of unbranched alkanes of at least 4 members (excludes halogenated alkanes) is 5. The highest BCUT2D eigenvalue weighted by Crippen LogP contribution is 2.31. The van der Waals surface area contributed by atoms with Crippen LogP contribution in [0, 0.1) is 0 Å². The first-order valence-corrected chi connectivity index (χ1v) is 12.2. The van der Waals surface area contributed by atoms with Crippen LogP contribution in [0.4, 0.5) is 0 Å². The van der Waals surface area contributed by atoms with Crippen LogP contribution in [0.15, 0.2) is 34.3 Å². The average molecular weight is 434 g/mol. The molecule has 0 amide bonds. The van der Waals surface area contributed by atoms with Gasteiger partial charge >= 0.3 is 5.97 Å². The summed E-state index contributed by atoms with van der Waals surface area (Å²) in [5.41, 5.74) is 5.24. The molecule has 4 rings (SSSR count). The molecule has 2 N–H and O–H groups in total. The van der Waals surface area contributed by atoms with E-state index in [0.717, 1.165) is 18.4 Å². The van der Waals surface area contributed by atoms with Gasteiger partial charge in [0.1, 0.15) is 5.76 Å². The quantitative estimate of drug-likeness (QED) is 0.446. The number of aromatic amines is 1. The summed E-state index contributed by atoms with van der Waals surface area (Å²) in [5.74, 6) is -0.0290. The first kappa shape index (κ1) is 22.4. The number of rotatable bonds is 10. The summed E-state index contributed by atoms with van der Waals surface area (Å²) in [6, 6.07) is 3.23. The van der Waals surface area contributed by atoms with E-state index in [9.17, 15) is 4.79 Å². The highest BCUT2D eigenvalue weighted by molar-refractivity contribution is 5.85. The van der Waals surface area contributed by atoms with Crippen LogP contribution < -0.4 is 10.7 Å². The third kappa shape index (κ3) is 4.85. The molecule has 0 saturated heterocycles. The van der Waals surface area contributed by atoms with Crippen molar-refractivity contribution >= 4 is 23.7 Å². The van der Waals surface area contributed by atoms with Crippen molar-refractivity contribution in [2.24, 2.45) is 0 Å². The van der Waals surface area contributed by atoms with Crippen molar-refractivity contribution in [2.45, 2.75) is 84.0 Å². The Labute approximate surface area is 190 Å². The van der Waals surface area contributed by atoms with E-state index in [-0.39, 0.29) is 5.76 Å². The minimum absolute atomic E-state index is 0.0298. The second-order valence-corrected chi connectivity index (χ2v) is 9.17. The van der Waals surface area contributed by atoms with E-state index in [0.29, 0.717) is 11.7 Å². The molecule has 1 atom stereocenters. The molecule has 0 radical (unpaired) electrons. The molecule has 0 aliphatic heterocycles. The highest BCUT2D eigenvalue weighted by Gasteiger charge is 2.23. The molecule has 2 aliphatic rings. The number of aromatic nitrogens is 1. The maximum absolute atomic E-state index is 11.1. The van der Waals surface area contributed by atoms with Gasteiger partial charge in [-0.15, -0.1) is 0 Å². The number of hydrogen-bond donors (Lipinski definition) is 2. The molecule has 32 heavy (non-hydrogen) atoms. The second kappa shape index (κ2) is 10.2. The van der Waals surface area contributed by atoms with Gasteiger partial charge in [-0.1, -0.05) is 63.7 Å². The number of allylic oxidation sites excluding steroid dienone is 3. The Balaban J connectivity index is 1.63. The first-order valence-electron chi connectivity index (χ1n) is 12.2. The van der Waals surface area contributed by atoms with E-state index in [2.05, 4.69) is 37.1 Å². The van der Waals surface area contributed by atoms with Crippen molar-refractivity contribution < 1.29 is 14.3 Å². The molecule has 2 aromatic rings. The molecule has 2 aliphatic carbocycles. The SMILES string of the molecule is CCCCCCCCC1C=CC(C(C)=Cc2ccc(C(=O)O)o2)=c2[nH]c3c(c21)CCCC=3. The Kier molecular flexibility index (Phi) is 7.19. The number of H-pyrrole nitrogens is 1. The van der Waals surface area contributed by atoms with Gasteiger partial charge in [-0.3, -0.25) is 0 Å². The normalized spacial score (nSPS) is 17.8. The van der Waals surface area contributed by atoms with E-state index in [1.807, 2.05) is 6.08 Å². The van der Waals surface area contributed by atoms with Crippen molar-refractivity contribution in [2.75, 3.05) is 0 Å². The Bertz CT molecular complexity index is 1140. The number of fused-ring (bicyclic) bond motifs is 3. The van der Waals surface area contributed by atoms with Crippen LogP contribution in [-0.2, 0) is 6.42 Å². The summed E-state index contributed by atoms with van der Waals surface area (Å²) >= 11 is 0. The summed E-state index contributed by atoms with van der Waals surface area (Å²) in [7, 11) is 0. The number of carboxylic acid groups (broad SMARTS) is 1. The van der Waals surface area contributed by atoms with Gasteiger partial charge in [0.15, 0.2) is 0 Å². The Morgan fingerprint density at radius 2 is 2.03 bits per heavy atom. The summed E-state index contributed by atoms with van der Waals surface area (Å²) in [6.45, 7) is 4.34. The number of nitrogens with one attached hydrogen (secondary N) is 1. The predicted molar refractivity (Wildman–Crippen MR) is 130 cm³/mol. The van der Waals surface area contributed by atoms with Gasteiger partial charge in [-0.05, 0) is 67.5 Å². The minimum Gasteiger partial charge on any atom is -0.475 e. The summed E-state index contributed by atoms with van der Waals surface area (Å²) in [5, 5.41) is 11.7. The van der Waals surface area contributed by atoms with Gasteiger partial charge in [-0.2, -0.15) is 0 Å². The van der Waals surface area contributed by atoms with E-state index in [1.165, 1.54) is 84.8 Å². The van der Waals surface area contributed by atoms with Crippen LogP contribution in [0.5, 0.6) is 0 Å². The molecule has 0 fully saturated rings. The molecule has 4 heteroatoms. The van der Waals surface area contributed by atoms with E-state index >= 15 is 0 Å². The fourth-order valence-corrected chi connectivity index (χ4v) is 5.11. The maximum Gasteiger partial charge on any atom is 0.371 e. The number of furan rings is 1. The molecule has 0 saturated carbocycles. The maximum atomic E-state index is 11.1. The highest BCUT2D eigenvalue weighted by atomic mass is 16.4. The number of carboxylic acids is 1. The van der Waals surface area contributed by atoms with Crippen molar-refractivity contribution in [1.82, 2.24) is 4.98 Å². The molecule has 2 aromatic heterocycles. The largest absolute Gasteiger partial charge is 0.475 e. The van der Waals surface area contributed by atoms with Crippen LogP contribution in [-0.4, -0.2) is 16.1 Å². The lowest BCUT2D eigenvalue weighted by atomic mass is 9.83. The molecule has 0 bridgehead atoms. The Morgan fingerprint density at radius 1 is 1.22 bits per heavy atom. The third-order valence-electron chi connectivity index (χ3n) is 6.78. The summed E-state index contributed by atoms with van der Waals surface area (Å²) in [6.07, 6.45) is 21.6. The Morgan fingerprint density at radius 3 is 2.81 bits per heavy atom. The van der Waals surface area contributed by atoms with Crippen molar-refractivity contribution in [3.8, 4) is 0 Å². The zero-order chi connectivity index (χ0) is 22.5. The van der Waals surface area contributed by atoms with Crippen LogP contribution in [0.1, 0.15) is 105 Å². The van der Waals surface area contributed by atoms with Crippen LogP contribution in [0.25, 0.3) is 17.7 Å². The fraction of sp³-hybridized carbons (Fsp3) is 0.464. The minimum atomic E-state index is -1.04. The van der Waals surface area contributed by atoms with E-state index in [1.54, 1.807) is 6.07 Å². The lowest BCUT2D eigenvalue weighted by Gasteiger charge is -2.20. The van der Waals surface area contributed by atoms with Gasteiger partial charge in [0.05, 0.1) is 5.35 Å². The standard InChI is InChI=1S/C28H35NO3/c1-3-4-5-6-7-8-11-20-14-16-22(19(2)18-21-15-17-25(32-21)28(30)31)27-26(20)23-12-9-10-13-24(23)29-27/h13-18,20,29H,3-12H2,1-2H3,(H,30,31). The monoisotopic (exact) mass is 433 g/mol. The van der Waals surface area contributed by atoms with Gasteiger partial charge in [0.2, 0.25) is 5.76 Å². The Hall–Kier alpha value is -2.75. The van der Waals surface area contributed by atoms with Gasteiger partial charge < -0.3 is 14.5 Å². The molecule has 170 valence electrons. The third-order valence-corrected chi connectivity index (χ3v) is 6.78. The van der Waals surface area contributed by atoms with Gasteiger partial charge in [-0.25, -0.2) is 4.79 Å². The number of carbonyl (C=O) groups is 1. The van der Waals surface area contributed by atoms with Crippen LogP contribution in [0.2, 0.25) is 0 Å². The summed E-state index contributed by atoms with van der Waals surface area (Å²) in [4.78, 5) is 14.9. The predicted octanol–water partition coefficient (Wildman–Crippen LogP) is 6.08. The van der Waals surface area contributed by atoms with Gasteiger partial charge in [0, 0.05) is 16.8 Å². The zero-order valence-electron chi connectivity index (χ0n) is 19.4. The lowest BCUT2D eigenvalue weighted by Crippen LogP contribution is -2.20. The molecular formula is C28H35NO3. The molecule has 0 aromatic carbocycles. The zero-order valence-corrected chi connectivity index (χ0v) is 19.4. The fourth-order valence-electron chi connectivity index (χ4n) is 5.11. The molecule has 2 heterocycles. The van der Waals surface area contributed by atoms with E-state index in [4.69, 9.17) is 9.52 Å². The van der Waals surface area contributed by atoms with E-state index < -0.39 is 5.97 Å². The van der Waals surface area contributed by atoms with Crippen LogP contribution >= 0.6 is 0 Å². The topological polar surface area (TPSA) is 66.2 Å². The number of aromatic carboxylic acids is 1. The molecule has 1 unspecified atom stereocenters. The first-order chi connectivity index (χ1) is 15.6. The van der Waals surface area contributed by atoms with Crippen molar-refractivity contribution in [1.29, 1.82) is 0 Å². The second-order valence-electron chi connectivity index (χ2n) is 9.17. The van der Waals surface area contributed by atoms with Crippen LogP contribution in [0.3, 0.4) is 0 Å². The lowest BCUT2D eigenvalue weighted by molar-refractivity contribution is 0.0662. The molecule has 4 nitrogen and oxygen atoms in total. The van der Waals surface area contributed by atoms with Crippen molar-refractivity contribution in [3.63, 3.8) is 0 Å². The summed E-state index contributed by atoms with van der Waals surface area (Å²) < 4.78 is 5.46. The number of hydrogen-bond acceptors (Lipinski definition) is 2. The van der Waals surface area contributed by atoms with Crippen molar-refractivity contribution in [3.05, 3.63) is 63.2 Å². The van der Waals surface area contributed by atoms with Gasteiger partial charge in [0.25, 0.3) is 0 Å². The smallest absolute Gasteiger partial charge is 0.371 e. The molecular weight excluding hydrogens is 398 g/mol. The molecule has 0 spiro atoms. The average Bonchev–Trinajstić information content (AvgIpc) is 3.41.